The number of piperidine rings is 1. The number of rotatable bonds is 8. The van der Waals surface area contributed by atoms with Crippen LogP contribution in [0, 0.1) is 0 Å². The molecular formula is C21H31ClN6O10P2. The number of carbonyl (C=O) groups is 1. The molecule has 3 saturated heterocycles. The SMILES string of the molecule is CN1[C@@H]2CC[C@H]1CC(OC(=O)Nc1nc(Cl)nc3c1ncn3[C@@H]1O[C@H](CCP(=O)(O)CP(=O)(O)O)C(O)C1O)C2. The summed E-state index contributed by atoms with van der Waals surface area (Å²) >= 11 is 6.11. The second-order valence-electron chi connectivity index (χ2n) is 10.6. The van der Waals surface area contributed by atoms with Crippen LogP contribution in [0.25, 0.3) is 11.2 Å². The first-order valence-electron chi connectivity index (χ1n) is 12.7. The molecule has 4 unspecified atom stereocenters. The van der Waals surface area contributed by atoms with Crippen LogP contribution in [0.15, 0.2) is 6.33 Å². The summed E-state index contributed by atoms with van der Waals surface area (Å²) in [6.45, 7) is 0. The lowest BCUT2D eigenvalue weighted by Gasteiger charge is -2.35. The number of hydrogen-bond acceptors (Lipinski definition) is 11. The maximum atomic E-state index is 12.7. The zero-order valence-corrected chi connectivity index (χ0v) is 23.9. The lowest BCUT2D eigenvalue weighted by molar-refractivity contribution is -0.0354. The van der Waals surface area contributed by atoms with Gasteiger partial charge in [-0.15, -0.1) is 0 Å². The van der Waals surface area contributed by atoms with Crippen LogP contribution >= 0.6 is 26.6 Å². The van der Waals surface area contributed by atoms with E-state index in [1.165, 1.54) is 10.9 Å². The van der Waals surface area contributed by atoms with Gasteiger partial charge in [-0.1, -0.05) is 0 Å². The van der Waals surface area contributed by atoms with Crippen molar-refractivity contribution in [2.24, 2.45) is 0 Å². The minimum Gasteiger partial charge on any atom is -0.446 e. The Hall–Kier alpha value is -1.71. The van der Waals surface area contributed by atoms with E-state index in [0.29, 0.717) is 12.1 Å². The number of imidazole rings is 1. The molecule has 16 nitrogen and oxygen atoms in total. The van der Waals surface area contributed by atoms with E-state index in [4.69, 9.17) is 30.9 Å². The predicted octanol–water partition coefficient (Wildman–Crippen LogP) is 1.07. The second-order valence-corrected chi connectivity index (χ2v) is 15.5. The molecule has 1 amide bonds. The van der Waals surface area contributed by atoms with E-state index in [0.717, 1.165) is 25.7 Å². The van der Waals surface area contributed by atoms with Crippen molar-refractivity contribution in [1.29, 1.82) is 0 Å². The van der Waals surface area contributed by atoms with Crippen LogP contribution in [-0.4, -0.2) is 111 Å². The van der Waals surface area contributed by atoms with Gasteiger partial charge in [-0.25, -0.2) is 9.78 Å². The number of hydrogen-bond donors (Lipinski definition) is 6. The van der Waals surface area contributed by atoms with Gasteiger partial charge in [0.1, 0.15) is 24.2 Å². The van der Waals surface area contributed by atoms with Crippen molar-refractivity contribution in [3.05, 3.63) is 11.6 Å². The smallest absolute Gasteiger partial charge is 0.413 e. The topological polar surface area (TPSA) is 230 Å². The summed E-state index contributed by atoms with van der Waals surface area (Å²) in [6.07, 6.45) is -2.31. The van der Waals surface area contributed by atoms with Crippen molar-refractivity contribution in [3.8, 4) is 0 Å². The fraction of sp³-hybridized carbons (Fsp3) is 0.714. The molecule has 40 heavy (non-hydrogen) atoms. The van der Waals surface area contributed by atoms with Crippen LogP contribution in [0.2, 0.25) is 5.28 Å². The van der Waals surface area contributed by atoms with Gasteiger partial charge in [-0.3, -0.25) is 19.0 Å². The highest BCUT2D eigenvalue weighted by atomic mass is 35.5. The third-order valence-electron chi connectivity index (χ3n) is 7.72. The number of nitrogens with zero attached hydrogens (tertiary/aromatic N) is 5. The highest BCUT2D eigenvalue weighted by Gasteiger charge is 2.45. The molecule has 3 fully saturated rings. The predicted molar refractivity (Wildman–Crippen MR) is 140 cm³/mol. The van der Waals surface area contributed by atoms with Crippen molar-refractivity contribution in [2.75, 3.05) is 24.4 Å². The van der Waals surface area contributed by atoms with Gasteiger partial charge in [0.2, 0.25) is 12.7 Å². The number of ether oxygens (including phenoxy) is 2. The molecule has 0 spiro atoms. The highest BCUT2D eigenvalue weighted by Crippen LogP contribution is 2.55. The molecule has 0 saturated carbocycles. The number of aromatic nitrogens is 4. The molecule has 3 aliphatic heterocycles. The van der Waals surface area contributed by atoms with Crippen LogP contribution in [0.5, 0.6) is 0 Å². The van der Waals surface area contributed by atoms with Crippen molar-refractivity contribution in [2.45, 2.75) is 74.8 Å². The van der Waals surface area contributed by atoms with Gasteiger partial charge >= 0.3 is 13.7 Å². The zero-order chi connectivity index (χ0) is 29.0. The molecule has 2 aromatic heterocycles. The van der Waals surface area contributed by atoms with Crippen LogP contribution in [0.1, 0.15) is 38.3 Å². The van der Waals surface area contributed by atoms with E-state index in [9.17, 15) is 29.0 Å². The summed E-state index contributed by atoms with van der Waals surface area (Å²) in [7, 11) is -6.88. The normalized spacial score (nSPS) is 32.3. The first kappa shape index (κ1) is 29.8. The van der Waals surface area contributed by atoms with Crippen molar-refractivity contribution in [3.63, 3.8) is 0 Å². The van der Waals surface area contributed by atoms with Gasteiger partial charge in [-0.2, -0.15) is 9.97 Å². The summed E-state index contributed by atoms with van der Waals surface area (Å²) in [4.78, 5) is 55.3. The number of aliphatic hydroxyl groups is 2. The molecule has 0 radical (unpaired) electrons. The van der Waals surface area contributed by atoms with Crippen LogP contribution in [-0.2, 0) is 18.6 Å². The monoisotopic (exact) mass is 624 g/mol. The second kappa shape index (κ2) is 11.2. The molecule has 19 heteroatoms. The molecule has 5 rings (SSSR count). The number of nitrogens with one attached hydrogen (secondary N) is 1. The van der Waals surface area contributed by atoms with E-state index >= 15 is 0 Å². The van der Waals surface area contributed by atoms with Crippen molar-refractivity contribution >= 4 is 49.6 Å². The fourth-order valence-electron chi connectivity index (χ4n) is 5.78. The van der Waals surface area contributed by atoms with Gasteiger partial charge < -0.3 is 39.3 Å². The third kappa shape index (κ3) is 6.36. The lowest BCUT2D eigenvalue weighted by atomic mass is 10.0. The maximum absolute atomic E-state index is 12.7. The number of amides is 1. The molecule has 0 aromatic carbocycles. The number of anilines is 1. The Labute approximate surface area is 233 Å². The van der Waals surface area contributed by atoms with Gasteiger partial charge in [0.25, 0.3) is 0 Å². The molecule has 3 aliphatic rings. The van der Waals surface area contributed by atoms with E-state index < -0.39 is 57.7 Å². The quantitative estimate of drug-likeness (QED) is 0.178. The Morgan fingerprint density at radius 1 is 1.18 bits per heavy atom. The molecule has 0 aliphatic carbocycles. The average Bonchev–Trinajstić information content (AvgIpc) is 3.42. The summed E-state index contributed by atoms with van der Waals surface area (Å²) in [5, 5.41) is 23.5. The van der Waals surface area contributed by atoms with Gasteiger partial charge in [-0.05, 0) is 37.9 Å². The lowest BCUT2D eigenvalue weighted by Crippen LogP contribution is -2.43. The Kier molecular flexibility index (Phi) is 8.32. The van der Waals surface area contributed by atoms with Crippen molar-refractivity contribution in [1.82, 2.24) is 24.4 Å². The van der Waals surface area contributed by atoms with Gasteiger partial charge in [0, 0.05) is 31.1 Å². The maximum Gasteiger partial charge on any atom is 0.413 e. The van der Waals surface area contributed by atoms with E-state index in [-0.39, 0.29) is 34.8 Å². The summed E-state index contributed by atoms with van der Waals surface area (Å²) in [5.74, 6) is -1.23. The molecule has 8 atom stereocenters. The number of aliphatic hydroxyl groups excluding tert-OH is 2. The Morgan fingerprint density at radius 2 is 1.85 bits per heavy atom. The average molecular weight is 625 g/mol. The number of halogens is 1. The van der Waals surface area contributed by atoms with Crippen LogP contribution in [0.3, 0.4) is 0 Å². The number of fused-ring (bicyclic) bond motifs is 3. The van der Waals surface area contributed by atoms with Crippen LogP contribution in [0.4, 0.5) is 10.6 Å². The molecule has 6 N–H and O–H groups in total. The Morgan fingerprint density at radius 3 is 2.50 bits per heavy atom. The number of carbonyl (C=O) groups excluding carboxylic acids is 1. The third-order valence-corrected chi connectivity index (χ3v) is 12.1. The minimum atomic E-state index is -4.74. The molecule has 2 aromatic rings. The van der Waals surface area contributed by atoms with E-state index in [1.807, 2.05) is 0 Å². The minimum absolute atomic E-state index is 0.0297. The fourth-order valence-corrected chi connectivity index (χ4v) is 9.47. The largest absolute Gasteiger partial charge is 0.446 e. The molecule has 5 heterocycles. The molecule has 2 bridgehead atoms. The van der Waals surface area contributed by atoms with Gasteiger partial charge in [0.15, 0.2) is 23.2 Å². The van der Waals surface area contributed by atoms with Gasteiger partial charge in [0.05, 0.1) is 12.4 Å². The van der Waals surface area contributed by atoms with Crippen LogP contribution < -0.4 is 5.32 Å². The summed E-state index contributed by atoms with van der Waals surface area (Å²) in [6, 6.07) is 0.750. The first-order valence-corrected chi connectivity index (χ1v) is 16.9. The molecular weight excluding hydrogens is 594 g/mol. The van der Waals surface area contributed by atoms with Crippen molar-refractivity contribution < 1.29 is 48.3 Å². The Bertz CT molecular complexity index is 1360. The van der Waals surface area contributed by atoms with E-state index in [1.54, 1.807) is 0 Å². The summed E-state index contributed by atoms with van der Waals surface area (Å²) in [5.41, 5.74) is 0.180. The standard InChI is InChI=1S/C21H31ClN6O10P2/c1-27-10-2-3-11(27)7-12(6-10)37-21(31)25-17-14-18(26-20(22)24-17)28(8-23-14)19-16(30)15(29)13(38-19)4-5-39(32,33)9-40(34,35)36/h8,10-13,15-16,19,29-30H,2-7,9H2,1H3,(H,32,33)(H2,34,35,36)(H,24,25,26,31)/t10-,11+,12?,13-,15?,16?,19-/m1/s1. The zero-order valence-electron chi connectivity index (χ0n) is 21.4. The highest BCUT2D eigenvalue weighted by molar-refractivity contribution is 7.72. The molecule has 222 valence electrons. The summed E-state index contributed by atoms with van der Waals surface area (Å²) < 4.78 is 35.9. The first-order chi connectivity index (χ1) is 18.7. The Balaban J connectivity index is 1.28. The van der Waals surface area contributed by atoms with E-state index in [2.05, 4.69) is 32.2 Å².